The predicted molar refractivity (Wildman–Crippen MR) is 111 cm³/mol. The monoisotopic (exact) mass is 397 g/mol. The second-order valence-electron chi connectivity index (χ2n) is 6.60. The Hall–Kier alpha value is -2.80. The van der Waals surface area contributed by atoms with E-state index in [9.17, 15) is 14.4 Å². The molecule has 0 radical (unpaired) electrons. The lowest BCUT2D eigenvalue weighted by Crippen LogP contribution is -2.39. The maximum atomic E-state index is 12.5. The van der Waals surface area contributed by atoms with E-state index in [0.29, 0.717) is 0 Å². The summed E-state index contributed by atoms with van der Waals surface area (Å²) in [7, 11) is 1.58. The molecule has 0 aromatic heterocycles. The third-order valence-electron chi connectivity index (χ3n) is 4.55. The van der Waals surface area contributed by atoms with E-state index >= 15 is 0 Å². The molecule has 28 heavy (non-hydrogen) atoms. The van der Waals surface area contributed by atoms with Gasteiger partial charge in [-0.3, -0.25) is 14.4 Å². The number of anilines is 2. The molecule has 6 nitrogen and oxygen atoms in total. The van der Waals surface area contributed by atoms with Gasteiger partial charge in [0.15, 0.2) is 0 Å². The molecule has 2 aromatic rings. The van der Waals surface area contributed by atoms with Gasteiger partial charge in [-0.25, -0.2) is 0 Å². The first-order chi connectivity index (χ1) is 13.5. The van der Waals surface area contributed by atoms with Crippen molar-refractivity contribution >= 4 is 40.9 Å². The molecular formula is C21H23N3O3S. The van der Waals surface area contributed by atoms with Crippen molar-refractivity contribution in [2.75, 3.05) is 24.2 Å². The van der Waals surface area contributed by atoms with Gasteiger partial charge in [-0.05, 0) is 30.2 Å². The standard InChI is InChI=1S/C21H23N3O3S/c1-3-14-8-4-5-9-15(14)22-19(25)13-24(2)20(26)12-18-21(27)23-16-10-6-7-11-17(16)28-18/h4-11,18H,3,12-13H2,1-2H3,(H,22,25)(H,23,27)/t18-/m0/s1. The highest BCUT2D eigenvalue weighted by Gasteiger charge is 2.30. The van der Waals surface area contributed by atoms with E-state index in [1.165, 1.54) is 16.7 Å². The normalized spacial score (nSPS) is 15.4. The summed E-state index contributed by atoms with van der Waals surface area (Å²) in [5.74, 6) is -0.694. The maximum absolute atomic E-state index is 12.5. The van der Waals surface area contributed by atoms with E-state index in [1.807, 2.05) is 55.5 Å². The van der Waals surface area contributed by atoms with Crippen molar-refractivity contribution in [3.8, 4) is 0 Å². The van der Waals surface area contributed by atoms with Gasteiger partial charge in [0.2, 0.25) is 17.7 Å². The number of nitrogens with zero attached hydrogens (tertiary/aromatic N) is 1. The van der Waals surface area contributed by atoms with Crippen LogP contribution >= 0.6 is 11.8 Å². The Morgan fingerprint density at radius 1 is 1.14 bits per heavy atom. The first-order valence-electron chi connectivity index (χ1n) is 9.16. The van der Waals surface area contributed by atoms with Gasteiger partial charge in [0.1, 0.15) is 0 Å². The van der Waals surface area contributed by atoms with Crippen LogP contribution in [0.5, 0.6) is 0 Å². The van der Waals surface area contributed by atoms with Gasteiger partial charge in [-0.15, -0.1) is 11.8 Å². The number of hydrogen-bond donors (Lipinski definition) is 2. The smallest absolute Gasteiger partial charge is 0.243 e. The van der Waals surface area contributed by atoms with Gasteiger partial charge >= 0.3 is 0 Å². The Kier molecular flexibility index (Phi) is 6.36. The van der Waals surface area contributed by atoms with Crippen molar-refractivity contribution in [1.29, 1.82) is 0 Å². The van der Waals surface area contributed by atoms with E-state index in [4.69, 9.17) is 0 Å². The van der Waals surface area contributed by atoms with Crippen molar-refractivity contribution in [3.05, 3.63) is 54.1 Å². The minimum absolute atomic E-state index is 0.0418. The minimum atomic E-state index is -0.506. The number of para-hydroxylation sites is 2. The molecule has 3 amide bonds. The number of thioether (sulfide) groups is 1. The van der Waals surface area contributed by atoms with Crippen LogP contribution in [-0.4, -0.2) is 41.5 Å². The van der Waals surface area contributed by atoms with Crippen molar-refractivity contribution in [2.45, 2.75) is 29.9 Å². The molecule has 146 valence electrons. The van der Waals surface area contributed by atoms with E-state index < -0.39 is 5.25 Å². The molecule has 3 rings (SSSR count). The summed E-state index contributed by atoms with van der Waals surface area (Å²) >= 11 is 1.38. The highest BCUT2D eigenvalue weighted by molar-refractivity contribution is 8.01. The lowest BCUT2D eigenvalue weighted by molar-refractivity contribution is -0.134. The fraction of sp³-hybridized carbons (Fsp3) is 0.286. The summed E-state index contributed by atoms with van der Waals surface area (Å²) in [6.07, 6.45) is 0.848. The van der Waals surface area contributed by atoms with Crippen molar-refractivity contribution < 1.29 is 14.4 Å². The molecule has 0 aliphatic carbocycles. The topological polar surface area (TPSA) is 78.5 Å². The Morgan fingerprint density at radius 3 is 2.64 bits per heavy atom. The zero-order valence-electron chi connectivity index (χ0n) is 15.9. The molecule has 0 saturated carbocycles. The number of aryl methyl sites for hydroxylation is 1. The first-order valence-corrected chi connectivity index (χ1v) is 10.0. The summed E-state index contributed by atoms with van der Waals surface area (Å²) in [6.45, 7) is 1.96. The summed E-state index contributed by atoms with van der Waals surface area (Å²) in [6, 6.07) is 15.1. The lowest BCUT2D eigenvalue weighted by Gasteiger charge is -2.25. The van der Waals surface area contributed by atoms with Crippen molar-refractivity contribution in [3.63, 3.8) is 0 Å². The summed E-state index contributed by atoms with van der Waals surface area (Å²) < 4.78 is 0. The average molecular weight is 398 g/mol. The zero-order valence-corrected chi connectivity index (χ0v) is 16.7. The summed E-state index contributed by atoms with van der Waals surface area (Å²) in [4.78, 5) is 39.4. The number of fused-ring (bicyclic) bond motifs is 1. The van der Waals surface area contributed by atoms with Crippen LogP contribution < -0.4 is 10.6 Å². The molecular weight excluding hydrogens is 374 g/mol. The summed E-state index contributed by atoms with van der Waals surface area (Å²) in [5, 5.41) is 5.18. The van der Waals surface area contributed by atoms with Gasteiger partial charge in [-0.2, -0.15) is 0 Å². The van der Waals surface area contributed by atoms with Crippen molar-refractivity contribution in [2.24, 2.45) is 0 Å². The third-order valence-corrected chi connectivity index (χ3v) is 5.82. The molecule has 1 heterocycles. The highest BCUT2D eigenvalue weighted by atomic mass is 32.2. The molecule has 1 atom stereocenters. The molecule has 0 unspecified atom stereocenters. The lowest BCUT2D eigenvalue weighted by atomic mass is 10.1. The van der Waals surface area contributed by atoms with Gasteiger partial charge in [0.25, 0.3) is 0 Å². The van der Waals surface area contributed by atoms with Crippen LogP contribution in [0, 0.1) is 0 Å². The first kappa shape index (κ1) is 19.9. The van der Waals surface area contributed by atoms with Gasteiger partial charge in [-0.1, -0.05) is 37.3 Å². The number of amides is 3. The maximum Gasteiger partial charge on any atom is 0.243 e. The number of carbonyl (C=O) groups is 3. The van der Waals surface area contributed by atoms with Crippen molar-refractivity contribution in [1.82, 2.24) is 4.90 Å². The van der Waals surface area contributed by atoms with E-state index in [-0.39, 0.29) is 30.7 Å². The quantitative estimate of drug-likeness (QED) is 0.785. The Balaban J connectivity index is 1.56. The molecule has 0 fully saturated rings. The number of likely N-dealkylation sites (N-methyl/N-ethyl adjacent to an activating group) is 1. The van der Waals surface area contributed by atoms with Gasteiger partial charge < -0.3 is 15.5 Å². The molecule has 0 spiro atoms. The van der Waals surface area contributed by atoms with Crippen LogP contribution in [0.1, 0.15) is 18.9 Å². The van der Waals surface area contributed by atoms with Gasteiger partial charge in [0.05, 0.1) is 17.5 Å². The van der Waals surface area contributed by atoms with E-state index in [0.717, 1.165) is 28.3 Å². The van der Waals surface area contributed by atoms with Crippen LogP contribution in [-0.2, 0) is 20.8 Å². The second-order valence-corrected chi connectivity index (χ2v) is 7.85. The number of carbonyl (C=O) groups excluding carboxylic acids is 3. The molecule has 2 aromatic carbocycles. The molecule has 0 bridgehead atoms. The van der Waals surface area contributed by atoms with Crippen LogP contribution in [0.4, 0.5) is 11.4 Å². The third kappa shape index (κ3) is 4.72. The van der Waals surface area contributed by atoms with Crippen LogP contribution in [0.3, 0.4) is 0 Å². The SMILES string of the molecule is CCc1ccccc1NC(=O)CN(C)C(=O)C[C@@H]1Sc2ccccc2NC1=O. The zero-order chi connectivity index (χ0) is 20.1. The minimum Gasteiger partial charge on any atom is -0.336 e. The van der Waals surface area contributed by atoms with Crippen LogP contribution in [0.2, 0.25) is 0 Å². The number of benzene rings is 2. The number of hydrogen-bond acceptors (Lipinski definition) is 4. The Bertz CT molecular complexity index is 900. The predicted octanol–water partition coefficient (Wildman–Crippen LogP) is 3.15. The molecule has 7 heteroatoms. The number of nitrogens with one attached hydrogen (secondary N) is 2. The Labute approximate surface area is 168 Å². The molecule has 2 N–H and O–H groups in total. The average Bonchev–Trinajstić information content (AvgIpc) is 2.68. The fourth-order valence-corrected chi connectivity index (χ4v) is 4.09. The Morgan fingerprint density at radius 2 is 1.86 bits per heavy atom. The molecule has 0 saturated heterocycles. The molecule has 1 aliphatic rings. The van der Waals surface area contributed by atoms with E-state index in [1.54, 1.807) is 7.05 Å². The molecule has 1 aliphatic heterocycles. The largest absolute Gasteiger partial charge is 0.336 e. The highest BCUT2D eigenvalue weighted by Crippen LogP contribution is 2.36. The number of rotatable bonds is 6. The van der Waals surface area contributed by atoms with Crippen LogP contribution in [0.25, 0.3) is 0 Å². The van der Waals surface area contributed by atoms with E-state index in [2.05, 4.69) is 10.6 Å². The second kappa shape index (κ2) is 8.93. The fourth-order valence-electron chi connectivity index (χ4n) is 2.99. The van der Waals surface area contributed by atoms with Gasteiger partial charge in [0, 0.05) is 24.1 Å². The summed E-state index contributed by atoms with van der Waals surface area (Å²) in [5.41, 5.74) is 2.57. The van der Waals surface area contributed by atoms with Crippen LogP contribution in [0.15, 0.2) is 53.4 Å².